The average molecular weight is 270 g/mol. The van der Waals surface area contributed by atoms with E-state index in [4.69, 9.17) is 4.74 Å². The Morgan fingerprint density at radius 2 is 1.85 bits per heavy atom. The minimum absolute atomic E-state index is 0.00901. The van der Waals surface area contributed by atoms with Gasteiger partial charge in [0, 0.05) is 5.56 Å². The van der Waals surface area contributed by atoms with Gasteiger partial charge in [-0.1, -0.05) is 42.5 Å². The van der Waals surface area contributed by atoms with Crippen LogP contribution in [-0.4, -0.2) is 17.5 Å². The monoisotopic (exact) mass is 270 g/mol. The molecule has 0 saturated heterocycles. The van der Waals surface area contributed by atoms with Crippen molar-refractivity contribution in [2.45, 2.75) is 19.4 Å². The van der Waals surface area contributed by atoms with Crippen LogP contribution in [0.25, 0.3) is 0 Å². The molecule has 1 atom stereocenters. The molecule has 2 rings (SSSR count). The first kappa shape index (κ1) is 14.3. The van der Waals surface area contributed by atoms with Gasteiger partial charge in [-0.05, 0) is 31.5 Å². The molecule has 0 aliphatic heterocycles. The molecule has 20 heavy (non-hydrogen) atoms. The van der Waals surface area contributed by atoms with Gasteiger partial charge in [0.15, 0.2) is 5.78 Å². The van der Waals surface area contributed by atoms with Crippen LogP contribution < -0.4 is 4.74 Å². The predicted octanol–water partition coefficient (Wildman–Crippen LogP) is 3.18. The van der Waals surface area contributed by atoms with Crippen molar-refractivity contribution in [3.63, 3.8) is 0 Å². The van der Waals surface area contributed by atoms with Crippen LogP contribution in [0.15, 0.2) is 54.6 Å². The van der Waals surface area contributed by atoms with Crippen LogP contribution in [0.1, 0.15) is 29.8 Å². The fourth-order valence-electron chi connectivity index (χ4n) is 1.91. The molecule has 0 saturated carbocycles. The predicted molar refractivity (Wildman–Crippen MR) is 78.0 cm³/mol. The maximum absolute atomic E-state index is 11.3. The van der Waals surface area contributed by atoms with E-state index in [-0.39, 0.29) is 12.4 Å². The average Bonchev–Trinajstić information content (AvgIpc) is 2.46. The molecule has 0 aliphatic carbocycles. The molecule has 104 valence electrons. The summed E-state index contributed by atoms with van der Waals surface area (Å²) in [7, 11) is 0. The highest BCUT2D eigenvalue weighted by molar-refractivity contribution is 5.94. The van der Waals surface area contributed by atoms with Crippen molar-refractivity contribution < 1.29 is 14.6 Å². The van der Waals surface area contributed by atoms with Crippen LogP contribution in [-0.2, 0) is 5.60 Å². The van der Waals surface area contributed by atoms with Gasteiger partial charge in [-0.2, -0.15) is 0 Å². The number of hydrogen-bond donors (Lipinski definition) is 1. The second kappa shape index (κ2) is 5.88. The summed E-state index contributed by atoms with van der Waals surface area (Å²) in [6.45, 7) is 3.34. The van der Waals surface area contributed by atoms with Crippen LogP contribution in [0.4, 0.5) is 0 Å². The molecule has 1 unspecified atom stereocenters. The summed E-state index contributed by atoms with van der Waals surface area (Å²) in [5.74, 6) is 0.569. The number of hydrogen-bond acceptors (Lipinski definition) is 3. The Bertz CT molecular complexity index is 588. The van der Waals surface area contributed by atoms with Gasteiger partial charge in [0.05, 0.1) is 0 Å². The number of ether oxygens (including phenoxy) is 1. The lowest BCUT2D eigenvalue weighted by Gasteiger charge is -2.24. The van der Waals surface area contributed by atoms with Gasteiger partial charge in [0.25, 0.3) is 0 Å². The quantitative estimate of drug-likeness (QED) is 0.849. The highest BCUT2D eigenvalue weighted by Gasteiger charge is 2.23. The first-order chi connectivity index (χ1) is 9.49. The second-order valence-corrected chi connectivity index (χ2v) is 5.01. The zero-order valence-electron chi connectivity index (χ0n) is 11.7. The summed E-state index contributed by atoms with van der Waals surface area (Å²) < 4.78 is 5.61. The van der Waals surface area contributed by atoms with Gasteiger partial charge in [-0.3, -0.25) is 4.79 Å². The number of aliphatic hydroxyl groups is 1. The van der Waals surface area contributed by atoms with Crippen LogP contribution >= 0.6 is 0 Å². The molecule has 0 aliphatic rings. The number of Topliss-reactive ketones (excluding diaryl/α,β-unsaturated/α-hetero) is 1. The molecule has 0 heterocycles. The topological polar surface area (TPSA) is 46.5 Å². The lowest BCUT2D eigenvalue weighted by Crippen LogP contribution is -2.29. The molecular formula is C17H18O3. The van der Waals surface area contributed by atoms with Crippen molar-refractivity contribution >= 4 is 5.78 Å². The first-order valence-corrected chi connectivity index (χ1v) is 6.51. The zero-order valence-corrected chi connectivity index (χ0v) is 11.7. The normalized spacial score (nSPS) is 13.6. The van der Waals surface area contributed by atoms with Crippen molar-refractivity contribution in [2.75, 3.05) is 6.61 Å². The Kier molecular flexibility index (Phi) is 4.20. The van der Waals surface area contributed by atoms with Crippen LogP contribution in [0.3, 0.4) is 0 Å². The Labute approximate surface area is 118 Å². The van der Waals surface area contributed by atoms with Crippen molar-refractivity contribution in [3.05, 3.63) is 65.7 Å². The third-order valence-electron chi connectivity index (χ3n) is 3.16. The Balaban J connectivity index is 2.08. The smallest absolute Gasteiger partial charge is 0.159 e. The van der Waals surface area contributed by atoms with Crippen LogP contribution in [0.5, 0.6) is 5.75 Å². The molecule has 0 fully saturated rings. The SMILES string of the molecule is CC(=O)c1cccc(OCC(C)(O)c2ccccc2)c1. The van der Waals surface area contributed by atoms with Gasteiger partial charge < -0.3 is 9.84 Å². The fraction of sp³-hybridized carbons (Fsp3) is 0.235. The van der Waals surface area contributed by atoms with Gasteiger partial charge in [-0.15, -0.1) is 0 Å². The summed E-state index contributed by atoms with van der Waals surface area (Å²) in [4.78, 5) is 11.3. The number of carbonyl (C=O) groups excluding carboxylic acids is 1. The van der Waals surface area contributed by atoms with Crippen LogP contribution in [0.2, 0.25) is 0 Å². The Hall–Kier alpha value is -2.13. The lowest BCUT2D eigenvalue weighted by molar-refractivity contribution is 0.00759. The number of carbonyl (C=O) groups is 1. The Morgan fingerprint density at radius 1 is 1.15 bits per heavy atom. The van der Waals surface area contributed by atoms with E-state index < -0.39 is 5.60 Å². The number of rotatable bonds is 5. The van der Waals surface area contributed by atoms with Crippen molar-refractivity contribution in [1.29, 1.82) is 0 Å². The molecule has 0 aromatic heterocycles. The minimum atomic E-state index is -1.08. The highest BCUT2D eigenvalue weighted by Crippen LogP contribution is 2.22. The molecule has 2 aromatic rings. The van der Waals surface area contributed by atoms with E-state index >= 15 is 0 Å². The zero-order chi connectivity index (χ0) is 14.6. The number of ketones is 1. The van der Waals surface area contributed by atoms with E-state index in [1.54, 1.807) is 31.2 Å². The fourth-order valence-corrected chi connectivity index (χ4v) is 1.91. The van der Waals surface area contributed by atoms with Crippen molar-refractivity contribution in [2.24, 2.45) is 0 Å². The molecule has 1 N–H and O–H groups in total. The summed E-state index contributed by atoms with van der Waals surface area (Å²) >= 11 is 0. The molecule has 0 radical (unpaired) electrons. The summed E-state index contributed by atoms with van der Waals surface area (Å²) in [6, 6.07) is 16.3. The largest absolute Gasteiger partial charge is 0.490 e. The van der Waals surface area contributed by atoms with E-state index in [1.165, 1.54) is 6.92 Å². The van der Waals surface area contributed by atoms with Gasteiger partial charge in [0.1, 0.15) is 18.0 Å². The lowest BCUT2D eigenvalue weighted by atomic mass is 9.97. The molecule has 0 spiro atoms. The molecular weight excluding hydrogens is 252 g/mol. The van der Waals surface area contributed by atoms with Gasteiger partial charge in [-0.25, -0.2) is 0 Å². The van der Waals surface area contributed by atoms with Gasteiger partial charge >= 0.3 is 0 Å². The maximum Gasteiger partial charge on any atom is 0.159 e. The van der Waals surface area contributed by atoms with E-state index in [2.05, 4.69) is 0 Å². The molecule has 2 aromatic carbocycles. The third-order valence-corrected chi connectivity index (χ3v) is 3.16. The van der Waals surface area contributed by atoms with Crippen molar-refractivity contribution in [3.8, 4) is 5.75 Å². The number of benzene rings is 2. The van der Waals surface area contributed by atoms with Crippen molar-refractivity contribution in [1.82, 2.24) is 0 Å². The molecule has 0 amide bonds. The third kappa shape index (κ3) is 3.45. The summed E-state index contributed by atoms with van der Waals surface area (Å²) in [6.07, 6.45) is 0. The van der Waals surface area contributed by atoms with E-state index in [1.807, 2.05) is 30.3 Å². The minimum Gasteiger partial charge on any atom is -0.490 e. The van der Waals surface area contributed by atoms with E-state index in [0.717, 1.165) is 5.56 Å². The summed E-state index contributed by atoms with van der Waals surface area (Å²) in [5, 5.41) is 10.4. The first-order valence-electron chi connectivity index (χ1n) is 6.51. The Morgan fingerprint density at radius 3 is 2.50 bits per heavy atom. The van der Waals surface area contributed by atoms with Crippen LogP contribution in [0, 0.1) is 0 Å². The maximum atomic E-state index is 11.3. The summed E-state index contributed by atoms with van der Waals surface area (Å²) in [5.41, 5.74) is 0.317. The molecule has 3 heteroatoms. The molecule has 3 nitrogen and oxygen atoms in total. The molecule has 0 bridgehead atoms. The highest BCUT2D eigenvalue weighted by atomic mass is 16.5. The second-order valence-electron chi connectivity index (χ2n) is 5.01. The standard InChI is InChI=1S/C17H18O3/c1-13(18)14-7-6-10-16(11-14)20-12-17(2,19)15-8-4-3-5-9-15/h3-11,19H,12H2,1-2H3. The van der Waals surface area contributed by atoms with Gasteiger partial charge in [0.2, 0.25) is 0 Å². The van der Waals surface area contributed by atoms with E-state index in [9.17, 15) is 9.90 Å². The van der Waals surface area contributed by atoms with E-state index in [0.29, 0.717) is 11.3 Å².